The third-order valence-electron chi connectivity index (χ3n) is 2.79. The van der Waals surface area contributed by atoms with Gasteiger partial charge in [-0.3, -0.25) is 9.59 Å². The van der Waals surface area contributed by atoms with E-state index in [0.29, 0.717) is 10.6 Å². The van der Waals surface area contributed by atoms with Crippen molar-refractivity contribution in [2.45, 2.75) is 0 Å². The van der Waals surface area contributed by atoms with Gasteiger partial charge in [-0.2, -0.15) is 0 Å². The lowest BCUT2D eigenvalue weighted by Crippen LogP contribution is -2.23. The molecular weight excluding hydrogens is 311 g/mol. The highest BCUT2D eigenvalue weighted by Crippen LogP contribution is 2.31. The van der Waals surface area contributed by atoms with E-state index in [2.05, 4.69) is 5.32 Å². The molecule has 0 spiro atoms. The van der Waals surface area contributed by atoms with Crippen LogP contribution in [0.25, 0.3) is 0 Å². The molecule has 6 heteroatoms. The van der Waals surface area contributed by atoms with Gasteiger partial charge in [0.15, 0.2) is 5.78 Å². The lowest BCUT2D eigenvalue weighted by Gasteiger charge is -2.12. The van der Waals surface area contributed by atoms with Gasteiger partial charge < -0.3 is 11.1 Å². The zero-order chi connectivity index (χ0) is 15.4. The number of ketones is 1. The minimum Gasteiger partial charge on any atom is -0.323 e. The first-order valence-corrected chi connectivity index (χ1v) is 6.87. The molecule has 0 fully saturated rings. The molecule has 0 aliphatic rings. The number of rotatable bonds is 4. The van der Waals surface area contributed by atoms with Crippen LogP contribution in [0.1, 0.15) is 15.9 Å². The van der Waals surface area contributed by atoms with Crippen molar-refractivity contribution in [3.05, 3.63) is 63.6 Å². The molecule has 0 bridgehead atoms. The van der Waals surface area contributed by atoms with E-state index in [1.807, 2.05) is 0 Å². The van der Waals surface area contributed by atoms with Gasteiger partial charge in [-0.05, 0) is 12.1 Å². The van der Waals surface area contributed by atoms with Crippen molar-refractivity contribution in [1.29, 1.82) is 0 Å². The van der Waals surface area contributed by atoms with Gasteiger partial charge in [0.1, 0.15) is 0 Å². The molecule has 21 heavy (non-hydrogen) atoms. The topological polar surface area (TPSA) is 72.2 Å². The number of nitrogens with one attached hydrogen (secondary N) is 1. The molecule has 0 unspecified atom stereocenters. The number of hydrogen-bond acceptors (Lipinski definition) is 3. The van der Waals surface area contributed by atoms with E-state index in [1.165, 1.54) is 12.1 Å². The third-order valence-corrected chi connectivity index (χ3v) is 3.30. The average Bonchev–Trinajstić information content (AvgIpc) is 2.49. The number of benzene rings is 2. The second-order valence-corrected chi connectivity index (χ2v) is 5.10. The van der Waals surface area contributed by atoms with Gasteiger partial charge in [0, 0.05) is 16.1 Å². The Hall–Kier alpha value is -1.88. The fourth-order valence-corrected chi connectivity index (χ4v) is 2.36. The minimum absolute atomic E-state index is 0.184. The molecule has 0 aliphatic heterocycles. The fourth-order valence-electron chi connectivity index (χ4n) is 1.82. The van der Waals surface area contributed by atoms with Crippen LogP contribution in [0.4, 0.5) is 5.69 Å². The molecule has 0 saturated heterocycles. The summed E-state index contributed by atoms with van der Waals surface area (Å²) in [5.41, 5.74) is 6.18. The first-order valence-electron chi connectivity index (χ1n) is 6.11. The van der Waals surface area contributed by atoms with E-state index >= 15 is 0 Å². The summed E-state index contributed by atoms with van der Waals surface area (Å²) in [7, 11) is 0. The minimum atomic E-state index is -0.443. The van der Waals surface area contributed by atoms with Crippen LogP contribution in [0.5, 0.6) is 0 Å². The van der Waals surface area contributed by atoms with Gasteiger partial charge >= 0.3 is 0 Å². The highest BCUT2D eigenvalue weighted by atomic mass is 35.5. The molecule has 2 aromatic rings. The second kappa shape index (κ2) is 6.72. The van der Waals surface area contributed by atoms with E-state index in [4.69, 9.17) is 28.9 Å². The van der Waals surface area contributed by atoms with Crippen molar-refractivity contribution < 1.29 is 9.59 Å². The molecule has 1 amide bonds. The number of halogens is 2. The van der Waals surface area contributed by atoms with E-state index < -0.39 is 5.91 Å². The number of carbonyl (C=O) groups excluding carboxylic acids is 2. The molecular formula is C15H12Cl2N2O2. The van der Waals surface area contributed by atoms with Crippen LogP contribution in [-0.4, -0.2) is 18.2 Å². The first-order chi connectivity index (χ1) is 10.0. The average molecular weight is 323 g/mol. The molecule has 0 radical (unpaired) electrons. The Kier molecular flexibility index (Phi) is 4.96. The molecule has 3 N–H and O–H groups in total. The van der Waals surface area contributed by atoms with Gasteiger partial charge in [-0.1, -0.05) is 53.5 Å². The van der Waals surface area contributed by atoms with Crippen LogP contribution in [0.3, 0.4) is 0 Å². The van der Waals surface area contributed by atoms with E-state index in [0.717, 1.165) is 0 Å². The summed E-state index contributed by atoms with van der Waals surface area (Å²) in [4.78, 5) is 24.0. The normalized spacial score (nSPS) is 10.2. The lowest BCUT2D eigenvalue weighted by atomic mass is 10.0. The predicted molar refractivity (Wildman–Crippen MR) is 84.0 cm³/mol. The summed E-state index contributed by atoms with van der Waals surface area (Å²) in [6.07, 6.45) is 0. The van der Waals surface area contributed by atoms with E-state index in [1.54, 1.807) is 30.3 Å². The summed E-state index contributed by atoms with van der Waals surface area (Å²) in [5, 5.41) is 3.03. The number of hydrogen-bond donors (Lipinski definition) is 2. The van der Waals surface area contributed by atoms with Crippen LogP contribution in [-0.2, 0) is 4.79 Å². The smallest absolute Gasteiger partial charge is 0.238 e. The predicted octanol–water partition coefficient (Wildman–Crippen LogP) is 3.12. The Labute approximate surface area is 131 Å². The summed E-state index contributed by atoms with van der Waals surface area (Å²) >= 11 is 12.0. The number of amides is 1. The van der Waals surface area contributed by atoms with Gasteiger partial charge in [0.05, 0.1) is 17.3 Å². The highest BCUT2D eigenvalue weighted by molar-refractivity contribution is 6.38. The molecule has 0 aromatic heterocycles. The maximum absolute atomic E-state index is 12.5. The van der Waals surface area contributed by atoms with Crippen LogP contribution >= 0.6 is 23.2 Å². The van der Waals surface area contributed by atoms with Crippen molar-refractivity contribution in [1.82, 2.24) is 0 Å². The van der Waals surface area contributed by atoms with Crippen LogP contribution < -0.4 is 11.1 Å². The summed E-state index contributed by atoms with van der Waals surface area (Å²) in [5.74, 6) is -0.728. The monoisotopic (exact) mass is 322 g/mol. The van der Waals surface area contributed by atoms with Crippen molar-refractivity contribution >= 4 is 40.6 Å². The zero-order valence-corrected chi connectivity index (χ0v) is 12.4. The first kappa shape index (κ1) is 15.5. The molecule has 2 rings (SSSR count). The van der Waals surface area contributed by atoms with Crippen LogP contribution in [0, 0.1) is 0 Å². The Morgan fingerprint density at radius 3 is 2.38 bits per heavy atom. The Bertz CT molecular complexity index is 688. The number of anilines is 1. The number of nitrogens with two attached hydrogens (primary N) is 1. The largest absolute Gasteiger partial charge is 0.323 e. The Morgan fingerprint density at radius 2 is 1.76 bits per heavy atom. The standard InChI is InChI=1S/C15H12Cl2N2O2/c16-10-6-11(15(21)9-4-2-1-3-5-9)14(12(17)7-10)19-13(20)8-18/h1-7H,8,18H2,(H,19,20). The molecule has 4 nitrogen and oxygen atoms in total. The molecule has 2 aromatic carbocycles. The SMILES string of the molecule is NCC(=O)Nc1c(Cl)cc(Cl)cc1C(=O)c1ccccc1. The Balaban J connectivity index is 2.51. The molecule has 0 atom stereocenters. The summed E-state index contributed by atoms with van der Waals surface area (Å²) in [6, 6.07) is 11.6. The quantitative estimate of drug-likeness (QED) is 0.849. The maximum atomic E-state index is 12.5. The van der Waals surface area contributed by atoms with Gasteiger partial charge in [-0.15, -0.1) is 0 Å². The Morgan fingerprint density at radius 1 is 1.10 bits per heavy atom. The third kappa shape index (κ3) is 3.61. The van der Waals surface area contributed by atoms with Gasteiger partial charge in [-0.25, -0.2) is 0 Å². The van der Waals surface area contributed by atoms with Crippen LogP contribution in [0.2, 0.25) is 10.0 Å². The van der Waals surface area contributed by atoms with Crippen LogP contribution in [0.15, 0.2) is 42.5 Å². The fraction of sp³-hybridized carbons (Fsp3) is 0.0667. The van der Waals surface area contributed by atoms with Crippen molar-refractivity contribution in [2.75, 3.05) is 11.9 Å². The van der Waals surface area contributed by atoms with Crippen molar-refractivity contribution in [3.8, 4) is 0 Å². The van der Waals surface area contributed by atoms with Gasteiger partial charge in [0.25, 0.3) is 0 Å². The molecule has 108 valence electrons. The van der Waals surface area contributed by atoms with E-state index in [9.17, 15) is 9.59 Å². The highest BCUT2D eigenvalue weighted by Gasteiger charge is 2.18. The lowest BCUT2D eigenvalue weighted by molar-refractivity contribution is -0.114. The molecule has 0 saturated carbocycles. The zero-order valence-electron chi connectivity index (χ0n) is 10.9. The van der Waals surface area contributed by atoms with Crippen molar-refractivity contribution in [2.24, 2.45) is 5.73 Å². The van der Waals surface area contributed by atoms with Crippen molar-refractivity contribution in [3.63, 3.8) is 0 Å². The molecule has 0 aliphatic carbocycles. The molecule has 0 heterocycles. The second-order valence-electron chi connectivity index (χ2n) is 4.26. The number of carbonyl (C=O) groups is 2. The summed E-state index contributed by atoms with van der Waals surface area (Å²) in [6.45, 7) is -0.210. The summed E-state index contributed by atoms with van der Waals surface area (Å²) < 4.78 is 0. The maximum Gasteiger partial charge on any atom is 0.238 e. The van der Waals surface area contributed by atoms with E-state index in [-0.39, 0.29) is 28.6 Å². The van der Waals surface area contributed by atoms with Gasteiger partial charge in [0.2, 0.25) is 5.91 Å².